The van der Waals surface area contributed by atoms with Crippen LogP contribution >= 0.6 is 24.0 Å². The van der Waals surface area contributed by atoms with Crippen LogP contribution in [0.3, 0.4) is 0 Å². The lowest BCUT2D eigenvalue weighted by Crippen LogP contribution is -2.52. The van der Waals surface area contributed by atoms with E-state index in [0.29, 0.717) is 16.7 Å². The molecule has 1 aliphatic heterocycles. The van der Waals surface area contributed by atoms with Crippen LogP contribution in [0, 0.1) is 5.41 Å². The van der Waals surface area contributed by atoms with Gasteiger partial charge in [0.1, 0.15) is 0 Å². The Kier molecular flexibility index (Phi) is 5.25. The summed E-state index contributed by atoms with van der Waals surface area (Å²) >= 11 is 7.01. The monoisotopic (exact) mass is 274 g/mol. The van der Waals surface area contributed by atoms with E-state index in [4.69, 9.17) is 18.0 Å². The molecule has 17 heavy (non-hydrogen) atoms. The summed E-state index contributed by atoms with van der Waals surface area (Å²) in [5.74, 6) is 1.12. The van der Waals surface area contributed by atoms with Crippen molar-refractivity contribution < 1.29 is 4.79 Å². The molecule has 1 aliphatic rings. The summed E-state index contributed by atoms with van der Waals surface area (Å²) in [4.78, 5) is 14.8. The number of amides is 1. The van der Waals surface area contributed by atoms with Crippen molar-refractivity contribution in [1.29, 1.82) is 0 Å². The van der Waals surface area contributed by atoms with Crippen molar-refractivity contribution >= 4 is 34.9 Å². The Bertz CT molecular complexity index is 309. The molecule has 1 fully saturated rings. The van der Waals surface area contributed by atoms with Gasteiger partial charge in [0.2, 0.25) is 5.91 Å². The van der Waals surface area contributed by atoms with Crippen molar-refractivity contribution in [2.75, 3.05) is 18.8 Å². The van der Waals surface area contributed by atoms with Gasteiger partial charge in [-0.3, -0.25) is 4.79 Å². The second kappa shape index (κ2) is 6.05. The Morgan fingerprint density at radius 2 is 2.24 bits per heavy atom. The van der Waals surface area contributed by atoms with Crippen LogP contribution in [-0.4, -0.2) is 39.9 Å². The third-order valence-corrected chi connectivity index (χ3v) is 5.43. The molecule has 5 heteroatoms. The van der Waals surface area contributed by atoms with Crippen LogP contribution in [-0.2, 0) is 4.79 Å². The number of hydrogen-bond donors (Lipinski definition) is 1. The van der Waals surface area contributed by atoms with Gasteiger partial charge >= 0.3 is 0 Å². The molecule has 2 unspecified atom stereocenters. The molecular weight excluding hydrogens is 252 g/mol. The van der Waals surface area contributed by atoms with E-state index in [2.05, 4.69) is 6.92 Å². The van der Waals surface area contributed by atoms with Crippen LogP contribution in [0.4, 0.5) is 0 Å². The molecule has 3 nitrogen and oxygen atoms in total. The van der Waals surface area contributed by atoms with Crippen LogP contribution in [0.2, 0.25) is 0 Å². The summed E-state index contributed by atoms with van der Waals surface area (Å²) in [6.45, 7) is 7.64. The fraction of sp³-hybridized carbons (Fsp3) is 0.833. The molecule has 1 rings (SSSR count). The molecule has 2 N–H and O–H groups in total. The molecule has 0 bridgehead atoms. The largest absolute Gasteiger partial charge is 0.392 e. The molecule has 0 spiro atoms. The first-order valence-corrected chi connectivity index (χ1v) is 7.62. The minimum atomic E-state index is -0.671. The van der Waals surface area contributed by atoms with Crippen LogP contribution in [0.25, 0.3) is 0 Å². The van der Waals surface area contributed by atoms with E-state index in [1.165, 1.54) is 0 Å². The zero-order chi connectivity index (χ0) is 13.1. The number of nitrogens with zero attached hydrogens (tertiary/aromatic N) is 1. The number of rotatable bonds is 4. The van der Waals surface area contributed by atoms with Crippen LogP contribution < -0.4 is 5.73 Å². The van der Waals surface area contributed by atoms with Crippen molar-refractivity contribution in [3.63, 3.8) is 0 Å². The van der Waals surface area contributed by atoms with Crippen molar-refractivity contribution in [3.05, 3.63) is 0 Å². The second-order valence-corrected chi connectivity index (χ2v) is 6.55. The van der Waals surface area contributed by atoms with Crippen LogP contribution in [0.5, 0.6) is 0 Å². The Morgan fingerprint density at radius 1 is 1.59 bits per heavy atom. The van der Waals surface area contributed by atoms with Gasteiger partial charge in [0.15, 0.2) is 0 Å². The van der Waals surface area contributed by atoms with Gasteiger partial charge in [-0.25, -0.2) is 0 Å². The highest BCUT2D eigenvalue weighted by Gasteiger charge is 2.39. The molecule has 0 aromatic carbocycles. The van der Waals surface area contributed by atoms with Gasteiger partial charge in [0.25, 0.3) is 0 Å². The number of carbonyl (C=O) groups excluding carboxylic acids is 1. The molecule has 1 saturated heterocycles. The summed E-state index contributed by atoms with van der Waals surface area (Å²) in [5.41, 5.74) is 5.06. The summed E-state index contributed by atoms with van der Waals surface area (Å²) in [6.07, 6.45) is 1.77. The van der Waals surface area contributed by atoms with Gasteiger partial charge in [0.05, 0.1) is 10.4 Å². The van der Waals surface area contributed by atoms with Crippen molar-refractivity contribution in [3.8, 4) is 0 Å². The molecule has 0 radical (unpaired) electrons. The topological polar surface area (TPSA) is 46.3 Å². The van der Waals surface area contributed by atoms with Gasteiger partial charge in [-0.15, -0.1) is 0 Å². The van der Waals surface area contributed by atoms with E-state index in [9.17, 15) is 4.79 Å². The molecule has 0 aromatic rings. The van der Waals surface area contributed by atoms with Gasteiger partial charge < -0.3 is 10.6 Å². The van der Waals surface area contributed by atoms with E-state index in [0.717, 1.165) is 25.3 Å². The minimum absolute atomic E-state index is 0.103. The summed E-state index contributed by atoms with van der Waals surface area (Å²) < 4.78 is 0. The van der Waals surface area contributed by atoms with Crippen molar-refractivity contribution in [1.82, 2.24) is 4.90 Å². The molecule has 0 saturated carbocycles. The molecule has 0 aliphatic carbocycles. The van der Waals surface area contributed by atoms with E-state index in [1.807, 2.05) is 30.5 Å². The van der Waals surface area contributed by atoms with E-state index < -0.39 is 5.41 Å². The lowest BCUT2D eigenvalue weighted by molar-refractivity contribution is -0.137. The second-order valence-electron chi connectivity index (χ2n) is 4.70. The van der Waals surface area contributed by atoms with E-state index in [1.54, 1.807) is 0 Å². The standard InChI is InChI=1S/C12H22N2OS2/c1-4-9-8-14(6-7-17-9)11(15)12(3,5-2)10(13)16/h9H,4-8H2,1-3H3,(H2,13,16). The number of carbonyl (C=O) groups is 1. The lowest BCUT2D eigenvalue weighted by Gasteiger charge is -2.37. The van der Waals surface area contributed by atoms with Gasteiger partial charge in [-0.1, -0.05) is 26.1 Å². The third kappa shape index (κ3) is 3.13. The maximum Gasteiger partial charge on any atom is 0.235 e. The molecule has 0 aromatic heterocycles. The molecule has 1 amide bonds. The number of thiocarbonyl (C=S) groups is 1. The number of thioether (sulfide) groups is 1. The highest BCUT2D eigenvalue weighted by molar-refractivity contribution is 8.00. The first-order chi connectivity index (χ1) is 7.95. The molecule has 2 atom stereocenters. The zero-order valence-electron chi connectivity index (χ0n) is 10.9. The fourth-order valence-electron chi connectivity index (χ4n) is 1.93. The summed E-state index contributed by atoms with van der Waals surface area (Å²) in [7, 11) is 0. The fourth-order valence-corrected chi connectivity index (χ4v) is 3.34. The maximum atomic E-state index is 12.5. The lowest BCUT2D eigenvalue weighted by atomic mass is 9.85. The average molecular weight is 274 g/mol. The zero-order valence-corrected chi connectivity index (χ0v) is 12.5. The predicted molar refractivity (Wildman–Crippen MR) is 78.3 cm³/mol. The van der Waals surface area contributed by atoms with Crippen molar-refractivity contribution in [2.24, 2.45) is 11.1 Å². The highest BCUT2D eigenvalue weighted by Crippen LogP contribution is 2.28. The van der Waals surface area contributed by atoms with Gasteiger partial charge in [-0.05, 0) is 19.8 Å². The van der Waals surface area contributed by atoms with Crippen LogP contribution in [0.1, 0.15) is 33.6 Å². The SMILES string of the molecule is CCC1CN(C(=O)C(C)(CC)C(N)=S)CCS1. The highest BCUT2D eigenvalue weighted by atomic mass is 32.2. The van der Waals surface area contributed by atoms with Crippen molar-refractivity contribution in [2.45, 2.75) is 38.9 Å². The van der Waals surface area contributed by atoms with Crippen LogP contribution in [0.15, 0.2) is 0 Å². The quantitative estimate of drug-likeness (QED) is 0.797. The van der Waals surface area contributed by atoms with Gasteiger partial charge in [0, 0.05) is 24.1 Å². The molecular formula is C12H22N2OS2. The number of nitrogens with two attached hydrogens (primary N) is 1. The van der Waals surface area contributed by atoms with Gasteiger partial charge in [-0.2, -0.15) is 11.8 Å². The summed E-state index contributed by atoms with van der Waals surface area (Å²) in [6, 6.07) is 0. The average Bonchev–Trinajstić information content (AvgIpc) is 2.36. The normalized spacial score (nSPS) is 24.2. The van der Waals surface area contributed by atoms with E-state index >= 15 is 0 Å². The molecule has 98 valence electrons. The Hall–Kier alpha value is -0.290. The smallest absolute Gasteiger partial charge is 0.235 e. The number of hydrogen-bond acceptors (Lipinski definition) is 3. The molecule has 1 heterocycles. The summed E-state index contributed by atoms with van der Waals surface area (Å²) in [5, 5.41) is 0.556. The predicted octanol–water partition coefficient (Wildman–Crippen LogP) is 2.04. The maximum absolute atomic E-state index is 12.5. The first-order valence-electron chi connectivity index (χ1n) is 6.16. The first kappa shape index (κ1) is 14.8. The third-order valence-electron chi connectivity index (χ3n) is 3.60. The Balaban J connectivity index is 2.78. The van der Waals surface area contributed by atoms with E-state index in [-0.39, 0.29) is 5.91 Å². The Labute approximate surface area is 113 Å². The Morgan fingerprint density at radius 3 is 2.71 bits per heavy atom. The minimum Gasteiger partial charge on any atom is -0.392 e.